The first-order valence-electron chi connectivity index (χ1n) is 6.62. The first-order valence-corrected chi connectivity index (χ1v) is 6.62. The van der Waals surface area contributed by atoms with E-state index in [0.29, 0.717) is 12.1 Å². The summed E-state index contributed by atoms with van der Waals surface area (Å²) in [7, 11) is 0. The lowest BCUT2D eigenvalue weighted by molar-refractivity contribution is 0.0692. The van der Waals surface area contributed by atoms with Gasteiger partial charge in [0.2, 0.25) is 0 Å². The summed E-state index contributed by atoms with van der Waals surface area (Å²) in [6.07, 6.45) is 1.70. The lowest BCUT2D eigenvalue weighted by Gasteiger charge is -2.07. The molecule has 0 unspecified atom stereocenters. The van der Waals surface area contributed by atoms with Gasteiger partial charge in [-0.15, -0.1) is 0 Å². The Hall–Kier alpha value is -2.17. The number of carboxylic acid groups (broad SMARTS) is 1. The Morgan fingerprint density at radius 1 is 1.30 bits per heavy atom. The summed E-state index contributed by atoms with van der Waals surface area (Å²) in [5.74, 6) is -1.97. The summed E-state index contributed by atoms with van der Waals surface area (Å²) in [4.78, 5) is 10.8. The van der Waals surface area contributed by atoms with Gasteiger partial charge in [-0.25, -0.2) is 9.18 Å². The summed E-state index contributed by atoms with van der Waals surface area (Å²) >= 11 is 0. The quantitative estimate of drug-likeness (QED) is 0.913. The predicted octanol–water partition coefficient (Wildman–Crippen LogP) is 2.89. The van der Waals surface area contributed by atoms with Crippen molar-refractivity contribution in [2.45, 2.75) is 33.2 Å². The number of rotatable bonds is 5. The Morgan fingerprint density at radius 2 is 2.05 bits per heavy atom. The third-order valence-electron chi connectivity index (χ3n) is 3.23. The maximum atomic E-state index is 13.6. The molecule has 0 aliphatic heterocycles. The molecule has 0 aliphatic rings. The zero-order chi connectivity index (χ0) is 14.7. The fraction of sp³-hybridized carbons (Fsp3) is 0.333. The van der Waals surface area contributed by atoms with Gasteiger partial charge in [0.05, 0.1) is 17.8 Å². The molecule has 1 N–H and O–H groups in total. The van der Waals surface area contributed by atoms with Gasteiger partial charge in [-0.3, -0.25) is 4.68 Å². The lowest BCUT2D eigenvalue weighted by Crippen LogP contribution is -2.08. The number of nitrogens with zero attached hydrogens (tertiary/aromatic N) is 2. The van der Waals surface area contributed by atoms with E-state index < -0.39 is 11.8 Å². The van der Waals surface area contributed by atoms with Crippen LogP contribution in [0.2, 0.25) is 0 Å². The molecule has 1 heterocycles. The van der Waals surface area contributed by atoms with Crippen LogP contribution in [0.3, 0.4) is 0 Å². The molecule has 106 valence electrons. The molecule has 0 atom stereocenters. The summed E-state index contributed by atoms with van der Waals surface area (Å²) < 4.78 is 15.5. The minimum absolute atomic E-state index is 0.306. The highest BCUT2D eigenvalue weighted by molar-refractivity contribution is 5.87. The number of hydrogen-bond donors (Lipinski definition) is 1. The first kappa shape index (κ1) is 14.2. The van der Waals surface area contributed by atoms with E-state index in [1.165, 1.54) is 12.1 Å². The smallest absolute Gasteiger partial charge is 0.338 e. The van der Waals surface area contributed by atoms with Crippen molar-refractivity contribution in [1.82, 2.24) is 9.78 Å². The van der Waals surface area contributed by atoms with E-state index in [1.807, 2.05) is 24.6 Å². The zero-order valence-corrected chi connectivity index (χ0v) is 11.6. The van der Waals surface area contributed by atoms with Gasteiger partial charge >= 0.3 is 5.97 Å². The maximum Gasteiger partial charge on any atom is 0.338 e. The molecule has 0 saturated heterocycles. The van der Waals surface area contributed by atoms with Gasteiger partial charge in [0.15, 0.2) is 0 Å². The molecular weight excluding hydrogens is 259 g/mol. The minimum Gasteiger partial charge on any atom is -0.478 e. The summed E-state index contributed by atoms with van der Waals surface area (Å²) in [5, 5.41) is 13.3. The maximum absolute atomic E-state index is 13.6. The van der Waals surface area contributed by atoms with E-state index in [0.717, 1.165) is 24.2 Å². The van der Waals surface area contributed by atoms with Crippen LogP contribution in [-0.2, 0) is 19.4 Å². The van der Waals surface area contributed by atoms with Crippen molar-refractivity contribution < 1.29 is 14.3 Å². The van der Waals surface area contributed by atoms with E-state index in [9.17, 15) is 9.18 Å². The molecule has 0 aliphatic carbocycles. The summed E-state index contributed by atoms with van der Waals surface area (Å²) in [5.41, 5.74) is 2.49. The fourth-order valence-electron chi connectivity index (χ4n) is 2.11. The lowest BCUT2D eigenvalue weighted by atomic mass is 10.1. The molecular formula is C15H17FN2O2. The molecule has 0 spiro atoms. The first-order chi connectivity index (χ1) is 9.55. The average Bonchev–Trinajstić information content (AvgIpc) is 2.80. The zero-order valence-electron chi connectivity index (χ0n) is 11.6. The Kier molecular flexibility index (Phi) is 4.17. The third kappa shape index (κ3) is 2.87. The standard InChI is InChI=1S/C15H17FN2O2/c1-3-11-8-12(4-2)18(17-11)9-10-5-6-13(15(19)20)14(16)7-10/h5-8H,3-4,9H2,1-2H3,(H,19,20). The van der Waals surface area contributed by atoms with Gasteiger partial charge in [0.25, 0.3) is 0 Å². The van der Waals surface area contributed by atoms with Crippen LogP contribution in [0.5, 0.6) is 0 Å². The highest BCUT2D eigenvalue weighted by Crippen LogP contribution is 2.14. The molecule has 0 fully saturated rings. The topological polar surface area (TPSA) is 55.1 Å². The van der Waals surface area contributed by atoms with Crippen molar-refractivity contribution in [3.05, 3.63) is 52.6 Å². The van der Waals surface area contributed by atoms with Crippen molar-refractivity contribution >= 4 is 5.97 Å². The van der Waals surface area contributed by atoms with E-state index in [-0.39, 0.29) is 5.56 Å². The van der Waals surface area contributed by atoms with E-state index in [1.54, 1.807) is 6.07 Å². The van der Waals surface area contributed by atoms with Crippen molar-refractivity contribution in [3.8, 4) is 0 Å². The predicted molar refractivity (Wildman–Crippen MR) is 73.4 cm³/mol. The van der Waals surface area contributed by atoms with Gasteiger partial charge in [-0.1, -0.05) is 19.9 Å². The van der Waals surface area contributed by atoms with Crippen molar-refractivity contribution in [2.75, 3.05) is 0 Å². The van der Waals surface area contributed by atoms with Crippen molar-refractivity contribution in [3.63, 3.8) is 0 Å². The molecule has 0 bridgehead atoms. The average molecular weight is 276 g/mol. The molecule has 1 aromatic carbocycles. The van der Waals surface area contributed by atoms with Crippen LogP contribution < -0.4 is 0 Å². The Labute approximate surface area is 116 Å². The van der Waals surface area contributed by atoms with Gasteiger partial charge in [0, 0.05) is 5.69 Å². The number of halogens is 1. The van der Waals surface area contributed by atoms with Crippen LogP contribution >= 0.6 is 0 Å². The fourth-order valence-corrected chi connectivity index (χ4v) is 2.11. The second-order valence-electron chi connectivity index (χ2n) is 4.61. The normalized spacial score (nSPS) is 10.8. The van der Waals surface area contributed by atoms with E-state index >= 15 is 0 Å². The van der Waals surface area contributed by atoms with Gasteiger partial charge in [-0.2, -0.15) is 5.10 Å². The SMILES string of the molecule is CCc1cc(CC)n(Cc2ccc(C(=O)O)c(F)c2)n1. The molecule has 0 saturated carbocycles. The number of hydrogen-bond acceptors (Lipinski definition) is 2. The van der Waals surface area contributed by atoms with Crippen LogP contribution in [0.1, 0.15) is 41.2 Å². The second kappa shape index (κ2) is 5.86. The summed E-state index contributed by atoms with van der Waals surface area (Å²) in [6.45, 7) is 4.52. The number of aryl methyl sites for hydroxylation is 2. The summed E-state index contributed by atoms with van der Waals surface area (Å²) in [6, 6.07) is 6.22. The molecule has 5 heteroatoms. The van der Waals surface area contributed by atoms with Gasteiger partial charge in [-0.05, 0) is 36.6 Å². The van der Waals surface area contributed by atoms with Crippen molar-refractivity contribution in [2.24, 2.45) is 0 Å². The second-order valence-corrected chi connectivity index (χ2v) is 4.61. The Morgan fingerprint density at radius 3 is 2.60 bits per heavy atom. The number of carboxylic acids is 1. The molecule has 20 heavy (non-hydrogen) atoms. The number of carbonyl (C=O) groups is 1. The highest BCUT2D eigenvalue weighted by Gasteiger charge is 2.12. The van der Waals surface area contributed by atoms with Crippen LogP contribution in [0.15, 0.2) is 24.3 Å². The molecule has 4 nitrogen and oxygen atoms in total. The van der Waals surface area contributed by atoms with Crippen LogP contribution in [0, 0.1) is 5.82 Å². The Balaban J connectivity index is 2.28. The molecule has 0 radical (unpaired) electrons. The van der Waals surface area contributed by atoms with Crippen LogP contribution in [0.4, 0.5) is 4.39 Å². The molecule has 2 aromatic rings. The molecule has 2 rings (SSSR count). The van der Waals surface area contributed by atoms with E-state index in [2.05, 4.69) is 5.10 Å². The van der Waals surface area contributed by atoms with Gasteiger partial charge < -0.3 is 5.11 Å². The van der Waals surface area contributed by atoms with Crippen molar-refractivity contribution in [1.29, 1.82) is 0 Å². The minimum atomic E-state index is -1.25. The Bertz CT molecular complexity index is 635. The largest absolute Gasteiger partial charge is 0.478 e. The third-order valence-corrected chi connectivity index (χ3v) is 3.23. The van der Waals surface area contributed by atoms with Gasteiger partial charge in [0.1, 0.15) is 5.82 Å². The molecule has 0 amide bonds. The van der Waals surface area contributed by atoms with Crippen LogP contribution in [-0.4, -0.2) is 20.9 Å². The van der Waals surface area contributed by atoms with E-state index in [4.69, 9.17) is 5.11 Å². The van der Waals surface area contributed by atoms with Crippen LogP contribution in [0.25, 0.3) is 0 Å². The molecule has 1 aromatic heterocycles. The number of aromatic carboxylic acids is 1. The number of benzene rings is 1. The number of aromatic nitrogens is 2. The highest BCUT2D eigenvalue weighted by atomic mass is 19.1. The monoisotopic (exact) mass is 276 g/mol.